The lowest BCUT2D eigenvalue weighted by molar-refractivity contribution is -0.123. The number of aromatic nitrogens is 4. The van der Waals surface area contributed by atoms with E-state index in [1.54, 1.807) is 41.2 Å². The molecule has 9 nitrogen and oxygen atoms in total. The highest BCUT2D eigenvalue weighted by atomic mass is 16.5. The van der Waals surface area contributed by atoms with Crippen molar-refractivity contribution in [2.24, 2.45) is 7.05 Å². The zero-order valence-electron chi connectivity index (χ0n) is 16.0. The Kier molecular flexibility index (Phi) is 5.25. The number of nitrogens with zero attached hydrogens (tertiary/aromatic N) is 4. The molecule has 9 heteroatoms. The molecule has 0 radical (unpaired) electrons. The topological polar surface area (TPSA) is 108 Å². The zero-order chi connectivity index (χ0) is 20.4. The van der Waals surface area contributed by atoms with Gasteiger partial charge in [0.2, 0.25) is 0 Å². The monoisotopic (exact) mass is 383 g/mol. The van der Waals surface area contributed by atoms with Gasteiger partial charge < -0.3 is 10.1 Å². The maximum absolute atomic E-state index is 12.6. The fourth-order valence-electron chi connectivity index (χ4n) is 2.77. The van der Waals surface area contributed by atoms with Crippen molar-refractivity contribution < 1.29 is 14.3 Å². The van der Waals surface area contributed by atoms with Crippen molar-refractivity contribution >= 4 is 28.5 Å². The Balaban J connectivity index is 1.80. The second kappa shape index (κ2) is 7.63. The van der Waals surface area contributed by atoms with E-state index in [0.717, 1.165) is 4.68 Å². The first-order chi connectivity index (χ1) is 13.3. The molecule has 0 saturated carbocycles. The van der Waals surface area contributed by atoms with Crippen LogP contribution in [0, 0.1) is 0 Å². The first-order valence-corrected chi connectivity index (χ1v) is 8.81. The Labute approximate surface area is 160 Å². The van der Waals surface area contributed by atoms with Gasteiger partial charge in [-0.15, -0.1) is 0 Å². The largest absolute Gasteiger partial charge is 0.448 e. The minimum Gasteiger partial charge on any atom is -0.448 e. The number of ether oxygens (including phenoxy) is 1. The molecule has 3 rings (SSSR count). The molecule has 0 aliphatic rings. The molecule has 0 bridgehead atoms. The summed E-state index contributed by atoms with van der Waals surface area (Å²) in [5.41, 5.74) is -0.343. The van der Waals surface area contributed by atoms with Gasteiger partial charge in [0.05, 0.1) is 11.6 Å². The fourth-order valence-corrected chi connectivity index (χ4v) is 2.77. The minimum absolute atomic E-state index is 0.0235. The third-order valence-corrected chi connectivity index (χ3v) is 4.21. The van der Waals surface area contributed by atoms with Crippen molar-refractivity contribution in [2.75, 3.05) is 5.32 Å². The number of hydrogen-bond donors (Lipinski definition) is 1. The summed E-state index contributed by atoms with van der Waals surface area (Å²) in [6, 6.07) is 8.35. The predicted octanol–water partition coefficient (Wildman–Crippen LogP) is 1.89. The molecular formula is C19H21N5O4. The molecule has 0 spiro atoms. The number of anilines is 1. The van der Waals surface area contributed by atoms with Crippen LogP contribution in [0.5, 0.6) is 0 Å². The highest BCUT2D eigenvalue weighted by Crippen LogP contribution is 2.16. The number of fused-ring (bicyclic) bond motifs is 1. The van der Waals surface area contributed by atoms with Crippen molar-refractivity contribution in [3.8, 4) is 0 Å². The minimum atomic E-state index is -1.07. The second-order valence-electron chi connectivity index (χ2n) is 6.61. The van der Waals surface area contributed by atoms with Crippen LogP contribution in [-0.2, 0) is 16.6 Å². The molecule has 1 N–H and O–H groups in total. The normalized spacial score (nSPS) is 12.2. The number of hydrogen-bond acceptors (Lipinski definition) is 6. The van der Waals surface area contributed by atoms with E-state index < -0.39 is 18.0 Å². The van der Waals surface area contributed by atoms with Gasteiger partial charge in [-0.2, -0.15) is 10.2 Å². The van der Waals surface area contributed by atoms with E-state index in [1.807, 2.05) is 13.8 Å². The van der Waals surface area contributed by atoms with Crippen LogP contribution < -0.4 is 10.9 Å². The van der Waals surface area contributed by atoms with E-state index >= 15 is 0 Å². The molecule has 0 aliphatic heterocycles. The van der Waals surface area contributed by atoms with Crippen LogP contribution in [0.15, 0.2) is 41.3 Å². The van der Waals surface area contributed by atoms with Crippen molar-refractivity contribution in [1.29, 1.82) is 0 Å². The molecule has 2 heterocycles. The SMILES string of the molecule is CC(C)n1nccc1NC(=O)[C@@H](C)OC(=O)c1nn(C)c(=O)c2ccccc12. The summed E-state index contributed by atoms with van der Waals surface area (Å²) in [4.78, 5) is 37.2. The summed E-state index contributed by atoms with van der Waals surface area (Å²) in [6.07, 6.45) is 0.508. The van der Waals surface area contributed by atoms with Gasteiger partial charge in [0.1, 0.15) is 5.82 Å². The fraction of sp³-hybridized carbons (Fsp3) is 0.316. The highest BCUT2D eigenvalue weighted by molar-refractivity contribution is 6.03. The molecular weight excluding hydrogens is 362 g/mol. The third-order valence-electron chi connectivity index (χ3n) is 4.21. The lowest BCUT2D eigenvalue weighted by atomic mass is 10.1. The Hall–Kier alpha value is -3.49. The van der Waals surface area contributed by atoms with Gasteiger partial charge in [-0.25, -0.2) is 14.2 Å². The summed E-state index contributed by atoms with van der Waals surface area (Å²) in [6.45, 7) is 5.33. The molecule has 146 valence electrons. The van der Waals surface area contributed by atoms with E-state index in [-0.39, 0.29) is 17.3 Å². The standard InChI is InChI=1S/C19H21N5O4/c1-11(2)24-15(9-10-20-24)21-17(25)12(3)28-19(27)16-13-7-5-6-8-14(13)18(26)23(4)22-16/h5-12H,1-4H3,(H,21,25)/t12-/m1/s1. The number of amides is 1. The van der Waals surface area contributed by atoms with Crippen LogP contribution in [0.1, 0.15) is 37.3 Å². The van der Waals surface area contributed by atoms with Gasteiger partial charge >= 0.3 is 5.97 Å². The van der Waals surface area contributed by atoms with Gasteiger partial charge in [0.15, 0.2) is 11.8 Å². The number of nitrogens with one attached hydrogen (secondary N) is 1. The first kappa shape index (κ1) is 19.3. The van der Waals surface area contributed by atoms with Crippen LogP contribution in [-0.4, -0.2) is 37.5 Å². The van der Waals surface area contributed by atoms with Crippen molar-refractivity contribution in [1.82, 2.24) is 19.6 Å². The molecule has 2 aromatic heterocycles. The van der Waals surface area contributed by atoms with Crippen molar-refractivity contribution in [3.63, 3.8) is 0 Å². The summed E-state index contributed by atoms with van der Waals surface area (Å²) in [7, 11) is 1.45. The van der Waals surface area contributed by atoms with Crippen LogP contribution in [0.4, 0.5) is 5.82 Å². The predicted molar refractivity (Wildman–Crippen MR) is 103 cm³/mol. The lowest BCUT2D eigenvalue weighted by Gasteiger charge is -2.16. The maximum Gasteiger partial charge on any atom is 0.360 e. The smallest absolute Gasteiger partial charge is 0.360 e. The van der Waals surface area contributed by atoms with Crippen LogP contribution in [0.25, 0.3) is 10.8 Å². The summed E-state index contributed by atoms with van der Waals surface area (Å²) in [5.74, 6) is -0.773. The third kappa shape index (κ3) is 3.64. The van der Waals surface area contributed by atoms with Crippen LogP contribution in [0.2, 0.25) is 0 Å². The maximum atomic E-state index is 12.6. The summed E-state index contributed by atoms with van der Waals surface area (Å²) < 4.78 is 8.01. The summed E-state index contributed by atoms with van der Waals surface area (Å²) in [5, 5.41) is 11.6. The van der Waals surface area contributed by atoms with Crippen molar-refractivity contribution in [2.45, 2.75) is 32.9 Å². The number of rotatable bonds is 5. The average Bonchev–Trinajstić information content (AvgIpc) is 3.13. The Morgan fingerprint density at radius 3 is 2.46 bits per heavy atom. The highest BCUT2D eigenvalue weighted by Gasteiger charge is 2.23. The molecule has 0 aliphatic carbocycles. The summed E-state index contributed by atoms with van der Waals surface area (Å²) >= 11 is 0. The van der Waals surface area contributed by atoms with E-state index in [9.17, 15) is 14.4 Å². The van der Waals surface area contributed by atoms with Gasteiger partial charge in [0.25, 0.3) is 11.5 Å². The number of carbonyl (C=O) groups is 2. The molecule has 1 amide bonds. The van der Waals surface area contributed by atoms with Gasteiger partial charge in [-0.05, 0) is 26.8 Å². The Bertz CT molecular complexity index is 1100. The lowest BCUT2D eigenvalue weighted by Crippen LogP contribution is -2.32. The molecule has 0 unspecified atom stereocenters. The van der Waals surface area contributed by atoms with Crippen LogP contribution >= 0.6 is 0 Å². The number of esters is 1. The van der Waals surface area contributed by atoms with Crippen LogP contribution in [0.3, 0.4) is 0 Å². The van der Waals surface area contributed by atoms with E-state index in [4.69, 9.17) is 4.74 Å². The second-order valence-corrected chi connectivity index (χ2v) is 6.61. The van der Waals surface area contributed by atoms with Crippen molar-refractivity contribution in [3.05, 3.63) is 52.6 Å². The molecule has 0 saturated heterocycles. The van der Waals surface area contributed by atoms with Gasteiger partial charge in [-0.3, -0.25) is 9.59 Å². The number of carbonyl (C=O) groups excluding carboxylic acids is 2. The van der Waals surface area contributed by atoms with E-state index in [0.29, 0.717) is 16.6 Å². The van der Waals surface area contributed by atoms with E-state index in [2.05, 4.69) is 15.5 Å². The quantitative estimate of drug-likeness (QED) is 0.674. The average molecular weight is 383 g/mol. The molecule has 3 aromatic rings. The first-order valence-electron chi connectivity index (χ1n) is 8.81. The van der Waals surface area contributed by atoms with E-state index in [1.165, 1.54) is 14.0 Å². The number of aryl methyl sites for hydroxylation is 1. The molecule has 0 fully saturated rings. The Morgan fingerprint density at radius 1 is 1.11 bits per heavy atom. The molecule has 28 heavy (non-hydrogen) atoms. The molecule has 1 atom stereocenters. The van der Waals surface area contributed by atoms with Gasteiger partial charge in [0, 0.05) is 24.5 Å². The molecule has 1 aromatic carbocycles. The number of benzene rings is 1. The zero-order valence-corrected chi connectivity index (χ0v) is 16.0. The Morgan fingerprint density at radius 2 is 1.79 bits per heavy atom. The van der Waals surface area contributed by atoms with Gasteiger partial charge in [-0.1, -0.05) is 18.2 Å².